The van der Waals surface area contributed by atoms with Gasteiger partial charge in [-0.05, 0) is 50.1 Å². The monoisotopic (exact) mass is 266 g/mol. The summed E-state index contributed by atoms with van der Waals surface area (Å²) in [6.45, 7) is 13.4. The van der Waals surface area contributed by atoms with Crippen LogP contribution < -0.4 is 5.32 Å². The molecule has 1 saturated heterocycles. The Hall–Kier alpha value is -0.0800. The Morgan fingerprint density at radius 1 is 0.947 bits per heavy atom. The van der Waals surface area contributed by atoms with Crippen LogP contribution in [0.3, 0.4) is 0 Å². The summed E-state index contributed by atoms with van der Waals surface area (Å²) in [4.78, 5) is 2.84. The number of hydrogen-bond acceptors (Lipinski definition) is 2. The molecule has 3 atom stereocenters. The molecule has 0 aromatic carbocycles. The molecule has 1 aliphatic heterocycles. The quantitative estimate of drug-likeness (QED) is 0.841. The Balaban J connectivity index is 2.04. The lowest BCUT2D eigenvalue weighted by molar-refractivity contribution is 0.0733. The van der Waals surface area contributed by atoms with Crippen LogP contribution in [0.5, 0.6) is 0 Å². The second-order valence-electron chi connectivity index (χ2n) is 7.41. The van der Waals surface area contributed by atoms with Gasteiger partial charge in [0.1, 0.15) is 0 Å². The van der Waals surface area contributed by atoms with Crippen LogP contribution in [0.2, 0.25) is 0 Å². The highest BCUT2D eigenvalue weighted by molar-refractivity contribution is 4.89. The number of rotatable bonds is 3. The molecule has 2 nitrogen and oxygen atoms in total. The fourth-order valence-electron chi connectivity index (χ4n) is 4.10. The molecule has 0 amide bonds. The molecule has 19 heavy (non-hydrogen) atoms. The van der Waals surface area contributed by atoms with Crippen molar-refractivity contribution in [1.82, 2.24) is 10.2 Å². The molecule has 2 rings (SSSR count). The van der Waals surface area contributed by atoms with Gasteiger partial charge >= 0.3 is 0 Å². The number of nitrogens with zero attached hydrogens (tertiary/aromatic N) is 1. The molecule has 3 unspecified atom stereocenters. The van der Waals surface area contributed by atoms with Gasteiger partial charge in [-0.1, -0.05) is 40.5 Å². The highest BCUT2D eigenvalue weighted by Gasteiger charge is 2.33. The minimum Gasteiger partial charge on any atom is -0.312 e. The zero-order valence-corrected chi connectivity index (χ0v) is 13.5. The molecular weight excluding hydrogens is 232 g/mol. The van der Waals surface area contributed by atoms with Gasteiger partial charge in [-0.25, -0.2) is 0 Å². The molecule has 2 heteroatoms. The minimum atomic E-state index is 0.692. The predicted molar refractivity (Wildman–Crippen MR) is 83.4 cm³/mol. The van der Waals surface area contributed by atoms with Crippen molar-refractivity contribution in [2.75, 3.05) is 19.6 Å². The lowest BCUT2D eigenvalue weighted by Crippen LogP contribution is -2.49. The van der Waals surface area contributed by atoms with Crippen LogP contribution in [-0.4, -0.2) is 36.6 Å². The van der Waals surface area contributed by atoms with Gasteiger partial charge in [0.05, 0.1) is 0 Å². The van der Waals surface area contributed by atoms with Crippen molar-refractivity contribution >= 4 is 0 Å². The fraction of sp³-hybridized carbons (Fsp3) is 1.00. The van der Waals surface area contributed by atoms with E-state index in [1.165, 1.54) is 51.7 Å². The van der Waals surface area contributed by atoms with Gasteiger partial charge in [0.2, 0.25) is 0 Å². The third kappa shape index (κ3) is 3.95. The van der Waals surface area contributed by atoms with Crippen molar-refractivity contribution < 1.29 is 0 Å². The first-order valence-electron chi connectivity index (χ1n) is 8.57. The van der Waals surface area contributed by atoms with Crippen molar-refractivity contribution in [3.63, 3.8) is 0 Å². The first-order chi connectivity index (χ1) is 9.09. The van der Waals surface area contributed by atoms with Gasteiger partial charge in [0.25, 0.3) is 0 Å². The Labute approximate surface area is 120 Å². The minimum absolute atomic E-state index is 0.692. The summed E-state index contributed by atoms with van der Waals surface area (Å²) in [6, 6.07) is 1.55. The smallest absolute Gasteiger partial charge is 0.0218 e. The first kappa shape index (κ1) is 15.3. The summed E-state index contributed by atoms with van der Waals surface area (Å²) in [7, 11) is 0. The summed E-state index contributed by atoms with van der Waals surface area (Å²) >= 11 is 0. The fourth-order valence-corrected chi connectivity index (χ4v) is 4.10. The van der Waals surface area contributed by atoms with E-state index in [2.05, 4.69) is 37.9 Å². The highest BCUT2D eigenvalue weighted by Crippen LogP contribution is 2.34. The second-order valence-corrected chi connectivity index (χ2v) is 7.41. The molecule has 0 spiro atoms. The molecule has 0 bridgehead atoms. The first-order valence-corrected chi connectivity index (χ1v) is 8.57. The van der Waals surface area contributed by atoms with Gasteiger partial charge in [-0.15, -0.1) is 0 Å². The third-order valence-corrected chi connectivity index (χ3v) is 5.37. The molecule has 112 valence electrons. The Bertz CT molecular complexity index is 262. The Morgan fingerprint density at radius 3 is 2.37 bits per heavy atom. The van der Waals surface area contributed by atoms with E-state index in [1.807, 2.05) is 0 Å². The van der Waals surface area contributed by atoms with E-state index in [0.29, 0.717) is 6.04 Å². The second kappa shape index (κ2) is 7.08. The van der Waals surface area contributed by atoms with E-state index in [1.54, 1.807) is 0 Å². The topological polar surface area (TPSA) is 15.3 Å². The Kier molecular flexibility index (Phi) is 5.70. The SMILES string of the molecule is CC(C)C1CN(C2CCCCC2C(C)C)CCCN1. The van der Waals surface area contributed by atoms with Crippen LogP contribution in [0.15, 0.2) is 0 Å². The van der Waals surface area contributed by atoms with Crippen LogP contribution in [0.25, 0.3) is 0 Å². The lowest BCUT2D eigenvalue weighted by Gasteiger charge is -2.42. The van der Waals surface area contributed by atoms with Crippen LogP contribution in [0.1, 0.15) is 59.8 Å². The molecule has 1 saturated carbocycles. The lowest BCUT2D eigenvalue weighted by atomic mass is 9.77. The zero-order chi connectivity index (χ0) is 13.8. The van der Waals surface area contributed by atoms with Gasteiger partial charge in [0, 0.05) is 18.6 Å². The molecule has 1 heterocycles. The van der Waals surface area contributed by atoms with E-state index >= 15 is 0 Å². The van der Waals surface area contributed by atoms with Crippen molar-refractivity contribution in [2.45, 2.75) is 71.9 Å². The van der Waals surface area contributed by atoms with Gasteiger partial charge in [-0.2, -0.15) is 0 Å². The molecule has 1 aliphatic carbocycles. The summed E-state index contributed by atoms with van der Waals surface area (Å²) in [5.74, 6) is 2.53. The van der Waals surface area contributed by atoms with Crippen molar-refractivity contribution in [1.29, 1.82) is 0 Å². The van der Waals surface area contributed by atoms with E-state index < -0.39 is 0 Å². The largest absolute Gasteiger partial charge is 0.312 e. The van der Waals surface area contributed by atoms with Crippen molar-refractivity contribution in [3.05, 3.63) is 0 Å². The molecule has 1 N–H and O–H groups in total. The maximum absolute atomic E-state index is 3.75. The van der Waals surface area contributed by atoms with E-state index in [4.69, 9.17) is 0 Å². The Morgan fingerprint density at radius 2 is 1.68 bits per heavy atom. The standard InChI is InChI=1S/C17H34N2/c1-13(2)15-8-5-6-9-17(15)19-11-7-10-18-16(12-19)14(3)4/h13-18H,5-12H2,1-4H3. The van der Waals surface area contributed by atoms with Crippen LogP contribution in [0, 0.1) is 17.8 Å². The number of nitrogens with one attached hydrogen (secondary N) is 1. The zero-order valence-electron chi connectivity index (χ0n) is 13.5. The van der Waals surface area contributed by atoms with Crippen LogP contribution in [-0.2, 0) is 0 Å². The van der Waals surface area contributed by atoms with Crippen LogP contribution in [0.4, 0.5) is 0 Å². The predicted octanol–water partition coefficient (Wildman–Crippen LogP) is 3.52. The molecule has 0 aromatic rings. The molecule has 0 aromatic heterocycles. The van der Waals surface area contributed by atoms with E-state index in [0.717, 1.165) is 23.8 Å². The maximum Gasteiger partial charge on any atom is 0.0218 e. The summed E-state index contributed by atoms with van der Waals surface area (Å²) < 4.78 is 0. The molecule has 0 radical (unpaired) electrons. The van der Waals surface area contributed by atoms with Gasteiger partial charge < -0.3 is 5.32 Å². The van der Waals surface area contributed by atoms with Crippen molar-refractivity contribution in [2.24, 2.45) is 17.8 Å². The molecular formula is C17H34N2. The molecule has 2 fully saturated rings. The summed E-state index contributed by atoms with van der Waals surface area (Å²) in [5.41, 5.74) is 0. The van der Waals surface area contributed by atoms with Crippen LogP contribution >= 0.6 is 0 Å². The average Bonchev–Trinajstić information content (AvgIpc) is 2.64. The van der Waals surface area contributed by atoms with E-state index in [9.17, 15) is 0 Å². The average molecular weight is 266 g/mol. The maximum atomic E-state index is 3.75. The number of hydrogen-bond donors (Lipinski definition) is 1. The van der Waals surface area contributed by atoms with E-state index in [-0.39, 0.29) is 0 Å². The molecule has 2 aliphatic rings. The highest BCUT2D eigenvalue weighted by atomic mass is 15.2. The third-order valence-electron chi connectivity index (χ3n) is 5.37. The summed E-state index contributed by atoms with van der Waals surface area (Å²) in [5, 5.41) is 3.75. The van der Waals surface area contributed by atoms with Gasteiger partial charge in [0.15, 0.2) is 0 Å². The van der Waals surface area contributed by atoms with Crippen molar-refractivity contribution in [3.8, 4) is 0 Å². The summed E-state index contributed by atoms with van der Waals surface area (Å²) in [6.07, 6.45) is 7.13. The normalized spacial score (nSPS) is 34.7. The van der Waals surface area contributed by atoms with Gasteiger partial charge in [-0.3, -0.25) is 4.90 Å².